The Morgan fingerprint density at radius 2 is 1.84 bits per heavy atom. The molecular formula is C19H22N4O2. The number of hydrogen-bond acceptors (Lipinski definition) is 3. The van der Waals surface area contributed by atoms with Gasteiger partial charge in [-0.1, -0.05) is 24.3 Å². The zero-order valence-electron chi connectivity index (χ0n) is 14.2. The second-order valence-corrected chi connectivity index (χ2v) is 6.03. The zero-order chi connectivity index (χ0) is 17.6. The molecule has 0 unspecified atom stereocenters. The van der Waals surface area contributed by atoms with Crippen LogP contribution in [-0.2, 0) is 24.3 Å². The van der Waals surface area contributed by atoms with Crippen molar-refractivity contribution in [2.24, 2.45) is 0 Å². The summed E-state index contributed by atoms with van der Waals surface area (Å²) in [5.74, 6) is 0.0335. The molecule has 0 atom stereocenters. The van der Waals surface area contributed by atoms with E-state index in [9.17, 15) is 9.59 Å². The van der Waals surface area contributed by atoms with Gasteiger partial charge in [0.2, 0.25) is 5.91 Å². The maximum atomic E-state index is 12.2. The van der Waals surface area contributed by atoms with E-state index in [-0.39, 0.29) is 11.9 Å². The minimum atomic E-state index is -0.251. The standard InChI is InChI=1S/C19H22N4O2/c1-20-11-14-4-2-3-5-15(14)12-21-19(25)22-16-7-8-17-13(10-16)6-9-18(24)23-17/h2-5,7-8,10,20H,6,9,11-12H2,1H3,(H,23,24)(H2,21,22,25). The number of hydrogen-bond donors (Lipinski definition) is 4. The molecule has 0 bridgehead atoms. The normalized spacial score (nSPS) is 12.9. The molecule has 2 aromatic rings. The third kappa shape index (κ3) is 4.36. The lowest BCUT2D eigenvalue weighted by Gasteiger charge is -2.18. The number of urea groups is 1. The molecule has 0 saturated heterocycles. The third-order valence-electron chi connectivity index (χ3n) is 4.18. The first kappa shape index (κ1) is 17.0. The molecule has 6 nitrogen and oxygen atoms in total. The van der Waals surface area contributed by atoms with Gasteiger partial charge in [-0.25, -0.2) is 4.79 Å². The Bertz CT molecular complexity index is 789. The van der Waals surface area contributed by atoms with Crippen molar-refractivity contribution in [3.05, 3.63) is 59.2 Å². The van der Waals surface area contributed by atoms with E-state index in [0.29, 0.717) is 19.4 Å². The van der Waals surface area contributed by atoms with E-state index in [2.05, 4.69) is 21.3 Å². The van der Waals surface area contributed by atoms with Gasteiger partial charge in [-0.05, 0) is 48.4 Å². The molecule has 6 heteroatoms. The molecule has 0 aliphatic carbocycles. The maximum Gasteiger partial charge on any atom is 0.319 e. The number of benzene rings is 2. The number of fused-ring (bicyclic) bond motifs is 1. The van der Waals surface area contributed by atoms with Crippen LogP contribution in [0.5, 0.6) is 0 Å². The van der Waals surface area contributed by atoms with E-state index >= 15 is 0 Å². The summed E-state index contributed by atoms with van der Waals surface area (Å²) >= 11 is 0. The van der Waals surface area contributed by atoms with E-state index in [4.69, 9.17) is 0 Å². The van der Waals surface area contributed by atoms with Gasteiger partial charge in [0.25, 0.3) is 0 Å². The summed E-state index contributed by atoms with van der Waals surface area (Å²) in [5.41, 5.74) is 4.82. The average Bonchev–Trinajstić information content (AvgIpc) is 2.61. The Balaban J connectivity index is 1.59. The number of nitrogens with one attached hydrogen (secondary N) is 4. The minimum absolute atomic E-state index is 0.0335. The highest BCUT2D eigenvalue weighted by Gasteiger charge is 2.15. The largest absolute Gasteiger partial charge is 0.334 e. The van der Waals surface area contributed by atoms with Gasteiger partial charge in [0, 0.05) is 30.9 Å². The molecule has 4 N–H and O–H groups in total. The van der Waals surface area contributed by atoms with Crippen molar-refractivity contribution in [1.29, 1.82) is 0 Å². The lowest BCUT2D eigenvalue weighted by molar-refractivity contribution is -0.116. The molecular weight excluding hydrogens is 316 g/mol. The van der Waals surface area contributed by atoms with Gasteiger partial charge >= 0.3 is 6.03 Å². The molecule has 1 heterocycles. The second kappa shape index (κ2) is 7.81. The van der Waals surface area contributed by atoms with Gasteiger partial charge in [0.05, 0.1) is 0 Å². The quantitative estimate of drug-likeness (QED) is 0.676. The smallest absolute Gasteiger partial charge is 0.319 e. The van der Waals surface area contributed by atoms with Gasteiger partial charge in [0.1, 0.15) is 0 Å². The summed E-state index contributed by atoms with van der Waals surface area (Å²) in [6, 6.07) is 13.3. The van der Waals surface area contributed by atoms with Crippen molar-refractivity contribution in [2.45, 2.75) is 25.9 Å². The van der Waals surface area contributed by atoms with Gasteiger partial charge in [-0.3, -0.25) is 4.79 Å². The zero-order valence-corrected chi connectivity index (χ0v) is 14.2. The molecule has 3 amide bonds. The van der Waals surface area contributed by atoms with Gasteiger partial charge in [-0.15, -0.1) is 0 Å². The lowest BCUT2D eigenvalue weighted by Crippen LogP contribution is -2.29. The highest BCUT2D eigenvalue weighted by molar-refractivity contribution is 5.95. The van der Waals surface area contributed by atoms with Crippen molar-refractivity contribution >= 4 is 23.3 Å². The summed E-state index contributed by atoms with van der Waals surface area (Å²) in [6.45, 7) is 1.22. The van der Waals surface area contributed by atoms with E-state index in [0.717, 1.165) is 34.6 Å². The Labute approximate surface area is 147 Å². The first-order valence-corrected chi connectivity index (χ1v) is 8.34. The topological polar surface area (TPSA) is 82.3 Å². The maximum absolute atomic E-state index is 12.2. The monoisotopic (exact) mass is 338 g/mol. The Morgan fingerprint density at radius 3 is 2.60 bits per heavy atom. The van der Waals surface area contributed by atoms with Crippen LogP contribution in [0.15, 0.2) is 42.5 Å². The van der Waals surface area contributed by atoms with E-state index in [1.807, 2.05) is 43.4 Å². The summed E-state index contributed by atoms with van der Waals surface area (Å²) in [5, 5.41) is 11.7. The van der Waals surface area contributed by atoms with Crippen LogP contribution in [0.25, 0.3) is 0 Å². The summed E-state index contributed by atoms with van der Waals surface area (Å²) in [7, 11) is 1.90. The number of carbonyl (C=O) groups is 2. The molecule has 1 aliphatic rings. The number of amides is 3. The number of carbonyl (C=O) groups excluding carboxylic acids is 2. The van der Waals surface area contributed by atoms with Crippen LogP contribution in [-0.4, -0.2) is 19.0 Å². The van der Waals surface area contributed by atoms with Gasteiger partial charge < -0.3 is 21.3 Å². The van der Waals surface area contributed by atoms with Crippen molar-refractivity contribution in [2.75, 3.05) is 17.7 Å². The predicted octanol–water partition coefficient (Wildman–Crippen LogP) is 2.61. The van der Waals surface area contributed by atoms with Crippen molar-refractivity contribution in [3.63, 3.8) is 0 Å². The Morgan fingerprint density at radius 1 is 1.08 bits per heavy atom. The fourth-order valence-electron chi connectivity index (χ4n) is 2.90. The van der Waals surface area contributed by atoms with Crippen molar-refractivity contribution in [3.8, 4) is 0 Å². The number of aryl methyl sites for hydroxylation is 1. The van der Waals surface area contributed by atoms with Crippen LogP contribution < -0.4 is 21.3 Å². The fourth-order valence-corrected chi connectivity index (χ4v) is 2.90. The molecule has 0 radical (unpaired) electrons. The molecule has 1 aliphatic heterocycles. The average molecular weight is 338 g/mol. The second-order valence-electron chi connectivity index (χ2n) is 6.03. The van der Waals surface area contributed by atoms with E-state index < -0.39 is 0 Å². The molecule has 130 valence electrons. The minimum Gasteiger partial charge on any atom is -0.334 e. The first-order valence-electron chi connectivity index (χ1n) is 8.34. The molecule has 2 aromatic carbocycles. The SMILES string of the molecule is CNCc1ccccc1CNC(=O)Nc1ccc2c(c1)CCC(=O)N2. The highest BCUT2D eigenvalue weighted by atomic mass is 16.2. The van der Waals surface area contributed by atoms with Crippen molar-refractivity contribution < 1.29 is 9.59 Å². The Hall–Kier alpha value is -2.86. The van der Waals surface area contributed by atoms with Crippen LogP contribution in [0.2, 0.25) is 0 Å². The van der Waals surface area contributed by atoms with E-state index in [1.54, 1.807) is 6.07 Å². The van der Waals surface area contributed by atoms with Gasteiger partial charge in [-0.2, -0.15) is 0 Å². The van der Waals surface area contributed by atoms with Crippen LogP contribution in [0, 0.1) is 0 Å². The molecule has 25 heavy (non-hydrogen) atoms. The number of anilines is 2. The lowest BCUT2D eigenvalue weighted by atomic mass is 10.0. The number of rotatable bonds is 5. The Kier molecular flexibility index (Phi) is 5.30. The van der Waals surface area contributed by atoms with Crippen LogP contribution in [0.4, 0.5) is 16.2 Å². The van der Waals surface area contributed by atoms with Gasteiger partial charge in [0.15, 0.2) is 0 Å². The molecule has 0 saturated carbocycles. The highest BCUT2D eigenvalue weighted by Crippen LogP contribution is 2.25. The predicted molar refractivity (Wildman–Crippen MR) is 98.5 cm³/mol. The summed E-state index contributed by atoms with van der Waals surface area (Å²) in [6.07, 6.45) is 1.17. The van der Waals surface area contributed by atoms with E-state index in [1.165, 1.54) is 0 Å². The van der Waals surface area contributed by atoms with Crippen molar-refractivity contribution in [1.82, 2.24) is 10.6 Å². The summed E-state index contributed by atoms with van der Waals surface area (Å²) < 4.78 is 0. The fraction of sp³-hybridized carbons (Fsp3) is 0.263. The first-order chi connectivity index (χ1) is 12.2. The van der Waals surface area contributed by atoms with Crippen LogP contribution >= 0.6 is 0 Å². The molecule has 0 aromatic heterocycles. The third-order valence-corrected chi connectivity index (χ3v) is 4.18. The molecule has 0 fully saturated rings. The van der Waals surface area contributed by atoms with Crippen LogP contribution in [0.3, 0.4) is 0 Å². The molecule has 3 rings (SSSR count). The molecule has 0 spiro atoms. The van der Waals surface area contributed by atoms with Crippen LogP contribution in [0.1, 0.15) is 23.1 Å². The summed E-state index contributed by atoms with van der Waals surface area (Å²) in [4.78, 5) is 23.6.